The summed E-state index contributed by atoms with van der Waals surface area (Å²) in [6.07, 6.45) is 8.94. The zero-order chi connectivity index (χ0) is 17.7. The highest BCUT2D eigenvalue weighted by molar-refractivity contribution is 5.98. The van der Waals surface area contributed by atoms with Crippen LogP contribution in [0.3, 0.4) is 0 Å². The minimum atomic E-state index is -0.436. The van der Waals surface area contributed by atoms with Gasteiger partial charge in [-0.2, -0.15) is 0 Å². The van der Waals surface area contributed by atoms with Crippen molar-refractivity contribution in [3.63, 3.8) is 0 Å². The van der Waals surface area contributed by atoms with Crippen molar-refractivity contribution in [1.82, 2.24) is 0 Å². The molecule has 0 radical (unpaired) electrons. The lowest BCUT2D eigenvalue weighted by molar-refractivity contribution is -0.166. The van der Waals surface area contributed by atoms with Gasteiger partial charge in [-0.15, -0.1) is 0 Å². The Labute approximate surface area is 145 Å². The molecule has 0 aromatic heterocycles. The van der Waals surface area contributed by atoms with Gasteiger partial charge in [0.2, 0.25) is 0 Å². The molecule has 0 saturated heterocycles. The number of carbonyl (C=O) groups is 2. The van der Waals surface area contributed by atoms with Gasteiger partial charge in [-0.3, -0.25) is 9.59 Å². The van der Waals surface area contributed by atoms with Crippen molar-refractivity contribution >= 4 is 11.8 Å². The Morgan fingerprint density at radius 3 is 2.62 bits per heavy atom. The summed E-state index contributed by atoms with van der Waals surface area (Å²) in [4.78, 5) is 25.2. The Hall–Kier alpha value is -1.38. The molecule has 2 unspecified atom stereocenters. The summed E-state index contributed by atoms with van der Waals surface area (Å²) in [5.74, 6) is 0.976. The Bertz CT molecular complexity index is 627. The molecule has 3 aliphatic carbocycles. The second-order valence-corrected chi connectivity index (χ2v) is 8.70. The van der Waals surface area contributed by atoms with E-state index in [1.165, 1.54) is 12.7 Å². The Morgan fingerprint density at radius 2 is 2.00 bits per heavy atom. The first-order valence-electron chi connectivity index (χ1n) is 9.27. The number of hydrogen-bond acceptors (Lipinski definition) is 3. The van der Waals surface area contributed by atoms with E-state index in [-0.39, 0.29) is 29.1 Å². The van der Waals surface area contributed by atoms with Gasteiger partial charge in [-0.05, 0) is 60.5 Å². The number of ketones is 1. The molecule has 4 atom stereocenters. The van der Waals surface area contributed by atoms with Gasteiger partial charge in [0, 0.05) is 6.42 Å². The zero-order valence-corrected chi connectivity index (χ0v) is 15.6. The Morgan fingerprint density at radius 1 is 1.29 bits per heavy atom. The third kappa shape index (κ3) is 2.39. The van der Waals surface area contributed by atoms with E-state index in [0.717, 1.165) is 31.3 Å². The van der Waals surface area contributed by atoms with Gasteiger partial charge in [-0.1, -0.05) is 39.3 Å². The highest BCUT2D eigenvalue weighted by Gasteiger charge is 2.58. The van der Waals surface area contributed by atoms with Gasteiger partial charge in [0.15, 0.2) is 5.78 Å². The smallest absolute Gasteiger partial charge is 0.311 e. The molecule has 3 nitrogen and oxygen atoms in total. The molecule has 0 amide bonds. The molecule has 0 N–H and O–H groups in total. The van der Waals surface area contributed by atoms with E-state index in [1.807, 2.05) is 0 Å². The predicted octanol–water partition coefficient (Wildman–Crippen LogP) is 4.47. The largest absolute Gasteiger partial charge is 0.469 e. The van der Waals surface area contributed by atoms with Crippen LogP contribution < -0.4 is 0 Å². The lowest BCUT2D eigenvalue weighted by atomic mass is 9.47. The van der Waals surface area contributed by atoms with E-state index in [9.17, 15) is 9.59 Å². The summed E-state index contributed by atoms with van der Waals surface area (Å²) in [6, 6.07) is 0. The average molecular weight is 330 g/mol. The number of hydrogen-bond donors (Lipinski definition) is 0. The summed E-state index contributed by atoms with van der Waals surface area (Å²) in [7, 11) is 1.49. The molecule has 24 heavy (non-hydrogen) atoms. The van der Waals surface area contributed by atoms with Crippen LogP contribution in [0.1, 0.15) is 59.8 Å². The van der Waals surface area contributed by atoms with Crippen LogP contribution in [0.2, 0.25) is 0 Å². The molecule has 1 saturated carbocycles. The van der Waals surface area contributed by atoms with E-state index < -0.39 is 5.41 Å². The van der Waals surface area contributed by atoms with Gasteiger partial charge in [0.25, 0.3) is 0 Å². The van der Waals surface area contributed by atoms with Gasteiger partial charge in [-0.25, -0.2) is 0 Å². The van der Waals surface area contributed by atoms with Crippen molar-refractivity contribution in [1.29, 1.82) is 0 Å². The lowest BCUT2D eigenvalue weighted by Crippen LogP contribution is -2.53. The average Bonchev–Trinajstić information content (AvgIpc) is 2.53. The first-order chi connectivity index (χ1) is 11.2. The minimum Gasteiger partial charge on any atom is -0.469 e. The van der Waals surface area contributed by atoms with Crippen molar-refractivity contribution in [3.8, 4) is 0 Å². The fourth-order valence-electron chi connectivity index (χ4n) is 5.68. The summed E-state index contributed by atoms with van der Waals surface area (Å²) in [5.41, 5.74) is 1.85. The first kappa shape index (κ1) is 17.4. The number of rotatable bonds is 2. The van der Waals surface area contributed by atoms with Gasteiger partial charge < -0.3 is 4.74 Å². The molecular formula is C21H30O3. The number of fused-ring (bicyclic) bond motifs is 3. The van der Waals surface area contributed by atoms with Gasteiger partial charge in [0.1, 0.15) is 0 Å². The molecule has 3 aliphatic rings. The predicted molar refractivity (Wildman–Crippen MR) is 94.3 cm³/mol. The molecular weight excluding hydrogens is 300 g/mol. The topological polar surface area (TPSA) is 43.4 Å². The number of esters is 1. The quantitative estimate of drug-likeness (QED) is 0.701. The SMILES string of the molecule is COC(=O)[C@]1(C)CCC[C@]2(C)C3CC(=O)C(C(C)C)=CC3=CCC21. The van der Waals surface area contributed by atoms with Crippen molar-refractivity contribution < 1.29 is 14.3 Å². The molecule has 132 valence electrons. The van der Waals surface area contributed by atoms with Crippen LogP contribution >= 0.6 is 0 Å². The number of carbonyl (C=O) groups excluding carboxylic acids is 2. The summed E-state index contributed by atoms with van der Waals surface area (Å²) in [6.45, 7) is 8.55. The maximum Gasteiger partial charge on any atom is 0.311 e. The molecule has 0 aliphatic heterocycles. The van der Waals surface area contributed by atoms with Crippen molar-refractivity contribution in [2.75, 3.05) is 7.11 Å². The third-order valence-corrected chi connectivity index (χ3v) is 7.07. The second-order valence-electron chi connectivity index (χ2n) is 8.70. The highest BCUT2D eigenvalue weighted by Crippen LogP contribution is 2.61. The van der Waals surface area contributed by atoms with Crippen LogP contribution in [0.15, 0.2) is 23.3 Å². The molecule has 0 spiro atoms. The van der Waals surface area contributed by atoms with Crippen LogP contribution in [0, 0.1) is 28.6 Å². The van der Waals surface area contributed by atoms with Gasteiger partial charge in [0.05, 0.1) is 12.5 Å². The van der Waals surface area contributed by atoms with Crippen molar-refractivity contribution in [3.05, 3.63) is 23.3 Å². The fraction of sp³-hybridized carbons (Fsp3) is 0.714. The van der Waals surface area contributed by atoms with E-state index in [0.29, 0.717) is 12.2 Å². The van der Waals surface area contributed by atoms with E-state index in [2.05, 4.69) is 39.8 Å². The second kappa shape index (κ2) is 5.86. The summed E-state index contributed by atoms with van der Waals surface area (Å²) in [5, 5.41) is 0. The van der Waals surface area contributed by atoms with Crippen molar-refractivity contribution in [2.24, 2.45) is 28.6 Å². The van der Waals surface area contributed by atoms with Crippen molar-refractivity contribution in [2.45, 2.75) is 59.8 Å². The van der Waals surface area contributed by atoms with Crippen LogP contribution in [-0.2, 0) is 14.3 Å². The lowest BCUT2D eigenvalue weighted by Gasteiger charge is -2.57. The third-order valence-electron chi connectivity index (χ3n) is 7.07. The molecule has 1 fully saturated rings. The summed E-state index contributed by atoms with van der Waals surface area (Å²) >= 11 is 0. The molecule has 0 heterocycles. The molecule has 0 aromatic carbocycles. The number of ether oxygens (including phenoxy) is 1. The Kier molecular flexibility index (Phi) is 4.26. The Balaban J connectivity index is 2.04. The van der Waals surface area contributed by atoms with Crippen LogP contribution in [0.4, 0.5) is 0 Å². The highest BCUT2D eigenvalue weighted by atomic mass is 16.5. The standard InChI is InChI=1S/C21H30O3/c1-13(2)15-11-14-7-8-18-20(3,16(14)12-17(15)22)9-6-10-21(18,4)19(23)24-5/h7,11,13,16,18H,6,8-10,12H2,1-5H3/t16?,18?,20-,21-/m1/s1. The minimum absolute atomic E-state index is 0.0000567. The first-order valence-corrected chi connectivity index (χ1v) is 9.27. The summed E-state index contributed by atoms with van der Waals surface area (Å²) < 4.78 is 5.15. The molecule has 0 bridgehead atoms. The van der Waals surface area contributed by atoms with E-state index in [4.69, 9.17) is 4.74 Å². The molecule has 3 rings (SSSR count). The fourth-order valence-corrected chi connectivity index (χ4v) is 5.68. The molecule has 3 heteroatoms. The van der Waals surface area contributed by atoms with Gasteiger partial charge >= 0.3 is 5.97 Å². The normalized spacial score (nSPS) is 38.8. The van der Waals surface area contributed by atoms with Crippen LogP contribution in [0.5, 0.6) is 0 Å². The number of Topliss-reactive ketones (excluding diaryl/α,β-unsaturated/α-hetero) is 1. The maximum atomic E-state index is 12.7. The zero-order valence-electron chi connectivity index (χ0n) is 15.6. The number of allylic oxidation sites excluding steroid dienone is 4. The number of methoxy groups -OCH3 is 1. The monoisotopic (exact) mass is 330 g/mol. The maximum absolute atomic E-state index is 12.7. The van der Waals surface area contributed by atoms with Crippen LogP contribution in [0.25, 0.3) is 0 Å². The van der Waals surface area contributed by atoms with E-state index in [1.54, 1.807) is 0 Å². The van der Waals surface area contributed by atoms with Crippen LogP contribution in [-0.4, -0.2) is 18.9 Å². The van der Waals surface area contributed by atoms with E-state index >= 15 is 0 Å². The molecule has 0 aromatic rings.